The molecule has 34 heavy (non-hydrogen) atoms. The molecule has 1 aliphatic heterocycles. The molecule has 0 unspecified atom stereocenters. The van der Waals surface area contributed by atoms with Gasteiger partial charge in [0.1, 0.15) is 17.4 Å². The van der Waals surface area contributed by atoms with Gasteiger partial charge in [-0.25, -0.2) is 9.97 Å². The number of amides is 2. The molecule has 0 spiro atoms. The Morgan fingerprint density at radius 3 is 2.68 bits per heavy atom. The molecule has 2 aromatic heterocycles. The van der Waals surface area contributed by atoms with Gasteiger partial charge in [0, 0.05) is 18.3 Å². The molecule has 3 heterocycles. The summed E-state index contributed by atoms with van der Waals surface area (Å²) in [6, 6.07) is 8.95. The van der Waals surface area contributed by atoms with E-state index in [1.807, 2.05) is 19.1 Å². The molecule has 4 rings (SSSR count). The summed E-state index contributed by atoms with van der Waals surface area (Å²) in [6.45, 7) is 7.21. The molecule has 3 aromatic rings. The van der Waals surface area contributed by atoms with Crippen molar-refractivity contribution in [3.8, 4) is 5.75 Å². The average molecular weight is 482 g/mol. The lowest BCUT2D eigenvalue weighted by Crippen LogP contribution is -2.33. The zero-order chi connectivity index (χ0) is 24.5. The second-order valence-corrected chi connectivity index (χ2v) is 8.99. The normalized spacial score (nSPS) is 14.2. The summed E-state index contributed by atoms with van der Waals surface area (Å²) >= 11 is 6.30. The number of halogens is 1. The Kier molecular flexibility index (Phi) is 6.25. The topological polar surface area (TPSA) is 130 Å². The molecular formula is C23H24ClN7O3. The number of fused-ring (bicyclic) bond motifs is 1. The monoisotopic (exact) mass is 481 g/mol. The van der Waals surface area contributed by atoms with Crippen molar-refractivity contribution in [1.29, 1.82) is 0 Å². The third kappa shape index (κ3) is 5.34. The van der Waals surface area contributed by atoms with E-state index in [2.05, 4.69) is 36.2 Å². The van der Waals surface area contributed by atoms with Crippen LogP contribution in [0.25, 0.3) is 0 Å². The van der Waals surface area contributed by atoms with Gasteiger partial charge in [-0.15, -0.1) is 0 Å². The van der Waals surface area contributed by atoms with Crippen LogP contribution in [-0.2, 0) is 9.59 Å². The highest BCUT2D eigenvalue weighted by atomic mass is 35.5. The minimum atomic E-state index is -0.680. The van der Waals surface area contributed by atoms with Gasteiger partial charge in [0.25, 0.3) is 0 Å². The highest BCUT2D eigenvalue weighted by molar-refractivity contribution is 6.32. The first-order valence-corrected chi connectivity index (χ1v) is 10.9. The number of carbonyl (C=O) groups excluding carboxylic acids is 2. The van der Waals surface area contributed by atoms with E-state index in [4.69, 9.17) is 16.3 Å². The highest BCUT2D eigenvalue weighted by Crippen LogP contribution is 2.33. The number of aromatic nitrogens is 3. The first-order chi connectivity index (χ1) is 16.1. The average Bonchev–Trinajstić information content (AvgIpc) is 2.85. The van der Waals surface area contributed by atoms with E-state index in [0.717, 1.165) is 5.56 Å². The lowest BCUT2D eigenvalue weighted by Gasteiger charge is -2.18. The third-order valence-corrected chi connectivity index (χ3v) is 5.21. The van der Waals surface area contributed by atoms with Crippen LogP contribution in [-0.4, -0.2) is 33.4 Å². The Bertz CT molecular complexity index is 1280. The minimum Gasteiger partial charge on any atom is -0.489 e. The van der Waals surface area contributed by atoms with Crippen LogP contribution in [0.2, 0.25) is 5.02 Å². The van der Waals surface area contributed by atoms with E-state index >= 15 is 0 Å². The Morgan fingerprint density at radius 2 is 1.91 bits per heavy atom. The Hall–Kier alpha value is -3.92. The Labute approximate surface area is 201 Å². The summed E-state index contributed by atoms with van der Waals surface area (Å²) in [4.78, 5) is 36.9. The number of carbonyl (C=O) groups is 2. The van der Waals surface area contributed by atoms with Crippen molar-refractivity contribution in [2.24, 2.45) is 5.41 Å². The fraction of sp³-hybridized carbons (Fsp3) is 0.261. The van der Waals surface area contributed by atoms with Gasteiger partial charge in [-0.05, 0) is 56.7 Å². The number of anilines is 6. The van der Waals surface area contributed by atoms with Gasteiger partial charge >= 0.3 is 0 Å². The zero-order valence-electron chi connectivity index (χ0n) is 19.1. The number of aryl methyl sites for hydroxylation is 1. The maximum absolute atomic E-state index is 12.4. The van der Waals surface area contributed by atoms with Crippen LogP contribution in [0.4, 0.5) is 34.8 Å². The number of rotatable bonds is 5. The summed E-state index contributed by atoms with van der Waals surface area (Å²) in [6.07, 6.45) is 1.46. The Morgan fingerprint density at radius 1 is 1.15 bits per heavy atom. The van der Waals surface area contributed by atoms with E-state index in [1.165, 1.54) is 13.1 Å². The standard InChI is InChI=1S/C23H24ClN7O3/c1-12-7-14(26-13(2)32)9-15(8-12)27-22-25-10-16(24)19(31-22)28-18-6-5-17-20(29-18)30-21(33)23(3,4)11-34-17/h5-10H,11H2,1-4H3,(H,26,32)(H3,25,27,28,29,30,31,33). The molecule has 4 N–H and O–H groups in total. The second kappa shape index (κ2) is 9.14. The van der Waals surface area contributed by atoms with Gasteiger partial charge in [-0.2, -0.15) is 4.98 Å². The first kappa shape index (κ1) is 23.2. The molecule has 176 valence electrons. The molecule has 0 saturated carbocycles. The number of pyridine rings is 1. The molecular weight excluding hydrogens is 458 g/mol. The molecule has 11 heteroatoms. The van der Waals surface area contributed by atoms with Crippen LogP contribution in [0.3, 0.4) is 0 Å². The second-order valence-electron chi connectivity index (χ2n) is 8.58. The van der Waals surface area contributed by atoms with E-state index < -0.39 is 5.41 Å². The summed E-state index contributed by atoms with van der Waals surface area (Å²) in [7, 11) is 0. The van der Waals surface area contributed by atoms with Crippen LogP contribution in [0, 0.1) is 12.3 Å². The first-order valence-electron chi connectivity index (χ1n) is 10.5. The number of ether oxygens (including phenoxy) is 1. The molecule has 1 aliphatic rings. The number of hydrogen-bond acceptors (Lipinski definition) is 8. The van der Waals surface area contributed by atoms with Gasteiger partial charge in [0.15, 0.2) is 17.4 Å². The summed E-state index contributed by atoms with van der Waals surface area (Å²) < 4.78 is 5.73. The zero-order valence-corrected chi connectivity index (χ0v) is 19.9. The van der Waals surface area contributed by atoms with Gasteiger partial charge in [0.05, 0.1) is 11.6 Å². The molecule has 0 saturated heterocycles. The minimum absolute atomic E-state index is 0.163. The van der Waals surface area contributed by atoms with Crippen LogP contribution in [0.1, 0.15) is 26.3 Å². The lowest BCUT2D eigenvalue weighted by molar-refractivity contribution is -0.125. The number of nitrogens with zero attached hydrogens (tertiary/aromatic N) is 3. The van der Waals surface area contributed by atoms with Crippen LogP contribution < -0.4 is 26.0 Å². The van der Waals surface area contributed by atoms with Crippen molar-refractivity contribution in [3.05, 3.63) is 47.1 Å². The van der Waals surface area contributed by atoms with Gasteiger partial charge < -0.3 is 26.0 Å². The maximum atomic E-state index is 12.4. The van der Waals surface area contributed by atoms with Crippen LogP contribution in [0.15, 0.2) is 36.5 Å². The summed E-state index contributed by atoms with van der Waals surface area (Å²) in [5, 5.41) is 12.0. The van der Waals surface area contributed by atoms with E-state index in [-0.39, 0.29) is 23.4 Å². The van der Waals surface area contributed by atoms with Gasteiger partial charge in [-0.1, -0.05) is 11.6 Å². The summed E-state index contributed by atoms with van der Waals surface area (Å²) in [5.74, 6) is 1.48. The number of benzene rings is 1. The van der Waals surface area contributed by atoms with Crippen molar-refractivity contribution in [3.63, 3.8) is 0 Å². The number of hydrogen-bond donors (Lipinski definition) is 4. The predicted molar refractivity (Wildman–Crippen MR) is 131 cm³/mol. The highest BCUT2D eigenvalue weighted by Gasteiger charge is 2.33. The predicted octanol–water partition coefficient (Wildman–Crippen LogP) is 4.64. The molecule has 0 fully saturated rings. The quantitative estimate of drug-likeness (QED) is 0.414. The van der Waals surface area contributed by atoms with E-state index in [9.17, 15) is 9.59 Å². The van der Waals surface area contributed by atoms with Crippen LogP contribution >= 0.6 is 11.6 Å². The fourth-order valence-corrected chi connectivity index (χ4v) is 3.36. The van der Waals surface area contributed by atoms with Crippen molar-refractivity contribution >= 4 is 58.2 Å². The molecule has 10 nitrogen and oxygen atoms in total. The third-order valence-electron chi connectivity index (χ3n) is 4.94. The lowest BCUT2D eigenvalue weighted by atomic mass is 9.94. The number of nitrogens with one attached hydrogen (secondary N) is 4. The fourth-order valence-electron chi connectivity index (χ4n) is 3.22. The molecule has 0 radical (unpaired) electrons. The molecule has 0 atom stereocenters. The molecule has 2 amide bonds. The maximum Gasteiger partial charge on any atom is 0.234 e. The SMILES string of the molecule is CC(=O)Nc1cc(C)cc(Nc2ncc(Cl)c(Nc3ccc4c(n3)NC(=O)C(C)(C)CO4)n2)c1. The van der Waals surface area contributed by atoms with Crippen molar-refractivity contribution in [2.75, 3.05) is 27.9 Å². The summed E-state index contributed by atoms with van der Waals surface area (Å²) in [5.41, 5.74) is 1.62. The molecule has 1 aromatic carbocycles. The van der Waals surface area contributed by atoms with Gasteiger partial charge in [-0.3, -0.25) is 9.59 Å². The smallest absolute Gasteiger partial charge is 0.234 e. The van der Waals surface area contributed by atoms with Crippen LogP contribution in [0.5, 0.6) is 5.75 Å². The van der Waals surface area contributed by atoms with Crippen molar-refractivity contribution in [1.82, 2.24) is 15.0 Å². The van der Waals surface area contributed by atoms with E-state index in [1.54, 1.807) is 32.0 Å². The van der Waals surface area contributed by atoms with Crippen molar-refractivity contribution in [2.45, 2.75) is 27.7 Å². The van der Waals surface area contributed by atoms with E-state index in [0.29, 0.717) is 40.5 Å². The Balaban J connectivity index is 1.56. The molecule has 0 aliphatic carbocycles. The van der Waals surface area contributed by atoms with Gasteiger partial charge in [0.2, 0.25) is 17.8 Å². The largest absolute Gasteiger partial charge is 0.489 e. The molecule has 0 bridgehead atoms. The van der Waals surface area contributed by atoms with Crippen molar-refractivity contribution < 1.29 is 14.3 Å².